The first-order valence-electron chi connectivity index (χ1n) is 5.54. The lowest BCUT2D eigenvalue weighted by molar-refractivity contribution is -0.139. The SMILES string of the molecule is NC1CCc2cc(OCCC(F)(F)F)ccc21. The quantitative estimate of drug-likeness (QED) is 0.888. The zero-order chi connectivity index (χ0) is 12.5. The van der Waals surface area contributed by atoms with Crippen molar-refractivity contribution in [2.24, 2.45) is 5.73 Å². The fourth-order valence-electron chi connectivity index (χ4n) is 2.00. The van der Waals surface area contributed by atoms with Crippen LogP contribution in [-0.4, -0.2) is 12.8 Å². The lowest BCUT2D eigenvalue weighted by Crippen LogP contribution is -2.13. The van der Waals surface area contributed by atoms with Crippen LogP contribution in [0, 0.1) is 0 Å². The van der Waals surface area contributed by atoms with Gasteiger partial charge in [0.25, 0.3) is 0 Å². The van der Waals surface area contributed by atoms with Crippen LogP contribution in [0.15, 0.2) is 18.2 Å². The van der Waals surface area contributed by atoms with Crippen LogP contribution < -0.4 is 10.5 Å². The van der Waals surface area contributed by atoms with Gasteiger partial charge in [-0.3, -0.25) is 0 Å². The number of hydrogen-bond acceptors (Lipinski definition) is 2. The van der Waals surface area contributed by atoms with Crippen LogP contribution in [0.3, 0.4) is 0 Å². The highest BCUT2D eigenvalue weighted by Crippen LogP contribution is 2.32. The zero-order valence-electron chi connectivity index (χ0n) is 9.26. The Labute approximate surface area is 97.6 Å². The van der Waals surface area contributed by atoms with Crippen molar-refractivity contribution in [3.8, 4) is 5.75 Å². The van der Waals surface area contributed by atoms with Gasteiger partial charge in [-0.15, -0.1) is 0 Å². The van der Waals surface area contributed by atoms with Gasteiger partial charge in [-0.1, -0.05) is 6.07 Å². The van der Waals surface area contributed by atoms with Gasteiger partial charge < -0.3 is 10.5 Å². The lowest BCUT2D eigenvalue weighted by Gasteiger charge is -2.10. The van der Waals surface area contributed by atoms with Crippen LogP contribution in [0.5, 0.6) is 5.75 Å². The Hall–Kier alpha value is -1.23. The number of fused-ring (bicyclic) bond motifs is 1. The van der Waals surface area contributed by atoms with Gasteiger partial charge in [0, 0.05) is 6.04 Å². The molecule has 5 heteroatoms. The summed E-state index contributed by atoms with van der Waals surface area (Å²) in [5, 5.41) is 0. The molecule has 0 bridgehead atoms. The summed E-state index contributed by atoms with van der Waals surface area (Å²) >= 11 is 0. The summed E-state index contributed by atoms with van der Waals surface area (Å²) in [4.78, 5) is 0. The summed E-state index contributed by atoms with van der Waals surface area (Å²) in [6, 6.07) is 5.36. The van der Waals surface area contributed by atoms with E-state index in [1.807, 2.05) is 6.07 Å². The molecule has 1 aromatic carbocycles. The van der Waals surface area contributed by atoms with E-state index in [-0.39, 0.29) is 12.6 Å². The van der Waals surface area contributed by atoms with Crippen molar-refractivity contribution in [3.05, 3.63) is 29.3 Å². The molecule has 1 atom stereocenters. The van der Waals surface area contributed by atoms with Crippen molar-refractivity contribution >= 4 is 0 Å². The van der Waals surface area contributed by atoms with Crippen LogP contribution in [0.25, 0.3) is 0 Å². The normalized spacial score (nSPS) is 19.2. The minimum Gasteiger partial charge on any atom is -0.493 e. The minimum absolute atomic E-state index is 0.0502. The van der Waals surface area contributed by atoms with Crippen LogP contribution in [0.1, 0.15) is 30.0 Å². The summed E-state index contributed by atoms with van der Waals surface area (Å²) in [6.45, 7) is -0.339. The Bertz CT molecular complexity index is 403. The van der Waals surface area contributed by atoms with Gasteiger partial charge in [-0.25, -0.2) is 0 Å². The third-order valence-electron chi connectivity index (χ3n) is 2.89. The van der Waals surface area contributed by atoms with Crippen molar-refractivity contribution < 1.29 is 17.9 Å². The number of ether oxygens (including phenoxy) is 1. The maximum Gasteiger partial charge on any atom is 0.392 e. The van der Waals surface area contributed by atoms with E-state index in [0.29, 0.717) is 5.75 Å². The highest BCUT2D eigenvalue weighted by molar-refractivity contribution is 5.40. The van der Waals surface area contributed by atoms with Crippen molar-refractivity contribution in [2.45, 2.75) is 31.5 Å². The van der Waals surface area contributed by atoms with E-state index in [0.717, 1.165) is 24.0 Å². The molecular formula is C12H14F3NO. The van der Waals surface area contributed by atoms with Crippen molar-refractivity contribution in [3.63, 3.8) is 0 Å². The molecule has 0 saturated heterocycles. The third-order valence-corrected chi connectivity index (χ3v) is 2.89. The molecule has 2 N–H and O–H groups in total. The van der Waals surface area contributed by atoms with Gasteiger partial charge in [0.15, 0.2) is 0 Å². The molecule has 0 amide bonds. The van der Waals surface area contributed by atoms with Crippen LogP contribution in [0.2, 0.25) is 0 Å². The maximum atomic E-state index is 11.9. The first kappa shape index (κ1) is 12.2. The second-order valence-corrected chi connectivity index (χ2v) is 4.22. The molecular weight excluding hydrogens is 231 g/mol. The average Bonchev–Trinajstić information content (AvgIpc) is 2.58. The van der Waals surface area contributed by atoms with Crippen molar-refractivity contribution in [1.82, 2.24) is 0 Å². The highest BCUT2D eigenvalue weighted by Gasteiger charge is 2.27. The molecule has 2 nitrogen and oxygen atoms in total. The second-order valence-electron chi connectivity index (χ2n) is 4.22. The molecule has 94 valence electrons. The maximum absolute atomic E-state index is 11.9. The summed E-state index contributed by atoms with van der Waals surface area (Å²) in [7, 11) is 0. The zero-order valence-corrected chi connectivity index (χ0v) is 9.26. The molecule has 1 unspecified atom stereocenters. The molecule has 0 radical (unpaired) electrons. The number of halogens is 3. The van der Waals surface area contributed by atoms with Gasteiger partial charge in [-0.05, 0) is 36.1 Å². The van der Waals surface area contributed by atoms with Crippen molar-refractivity contribution in [2.75, 3.05) is 6.61 Å². The molecule has 17 heavy (non-hydrogen) atoms. The third kappa shape index (κ3) is 3.12. The predicted molar refractivity (Wildman–Crippen MR) is 57.9 cm³/mol. The molecule has 0 spiro atoms. The Morgan fingerprint density at radius 1 is 1.35 bits per heavy atom. The second kappa shape index (κ2) is 4.56. The predicted octanol–water partition coefficient (Wildman–Crippen LogP) is 2.96. The monoisotopic (exact) mass is 245 g/mol. The van der Waals surface area contributed by atoms with Gasteiger partial charge in [0.2, 0.25) is 0 Å². The number of aryl methyl sites for hydroxylation is 1. The van der Waals surface area contributed by atoms with Gasteiger partial charge in [-0.2, -0.15) is 13.2 Å². The van der Waals surface area contributed by atoms with Gasteiger partial charge in [0.05, 0.1) is 13.0 Å². The van der Waals surface area contributed by atoms with Gasteiger partial charge >= 0.3 is 6.18 Å². The van der Waals surface area contributed by atoms with E-state index in [2.05, 4.69) is 0 Å². The summed E-state index contributed by atoms with van der Waals surface area (Å²) in [6.07, 6.45) is -3.34. The standard InChI is InChI=1S/C12H14F3NO/c13-12(14,15)5-6-17-9-2-3-10-8(7-9)1-4-11(10)16/h2-3,7,11H,1,4-6,16H2. The number of rotatable bonds is 3. The van der Waals surface area contributed by atoms with E-state index in [4.69, 9.17) is 10.5 Å². The largest absolute Gasteiger partial charge is 0.493 e. The van der Waals surface area contributed by atoms with Crippen molar-refractivity contribution in [1.29, 1.82) is 0 Å². The minimum atomic E-state index is -4.17. The first-order chi connectivity index (χ1) is 7.96. The van der Waals surface area contributed by atoms with E-state index in [1.54, 1.807) is 12.1 Å². The van der Waals surface area contributed by atoms with E-state index in [9.17, 15) is 13.2 Å². The Balaban J connectivity index is 1.95. The molecule has 0 heterocycles. The molecule has 2 rings (SSSR count). The molecule has 0 aromatic heterocycles. The first-order valence-corrected chi connectivity index (χ1v) is 5.54. The Morgan fingerprint density at radius 3 is 2.82 bits per heavy atom. The van der Waals surface area contributed by atoms with Crippen LogP contribution >= 0.6 is 0 Å². The summed E-state index contributed by atoms with van der Waals surface area (Å²) < 4.78 is 40.9. The van der Waals surface area contributed by atoms with E-state index in [1.165, 1.54) is 0 Å². The molecule has 1 aliphatic rings. The number of nitrogens with two attached hydrogens (primary N) is 1. The highest BCUT2D eigenvalue weighted by atomic mass is 19.4. The number of alkyl halides is 3. The Kier molecular flexibility index (Phi) is 3.28. The molecule has 1 aromatic rings. The lowest BCUT2D eigenvalue weighted by atomic mass is 10.1. The van der Waals surface area contributed by atoms with E-state index >= 15 is 0 Å². The van der Waals surface area contributed by atoms with E-state index < -0.39 is 12.6 Å². The molecule has 0 aliphatic heterocycles. The smallest absolute Gasteiger partial charge is 0.392 e. The fraction of sp³-hybridized carbons (Fsp3) is 0.500. The number of hydrogen-bond donors (Lipinski definition) is 1. The molecule has 0 fully saturated rings. The van der Waals surface area contributed by atoms with Crippen LogP contribution in [-0.2, 0) is 6.42 Å². The fourth-order valence-corrected chi connectivity index (χ4v) is 2.00. The summed E-state index contributed by atoms with van der Waals surface area (Å²) in [5.74, 6) is 0.488. The molecule has 0 saturated carbocycles. The van der Waals surface area contributed by atoms with Crippen LogP contribution in [0.4, 0.5) is 13.2 Å². The number of benzene rings is 1. The topological polar surface area (TPSA) is 35.2 Å². The summed E-state index contributed by atoms with van der Waals surface area (Å²) in [5.41, 5.74) is 8.03. The average molecular weight is 245 g/mol. The Morgan fingerprint density at radius 2 is 2.12 bits per heavy atom. The molecule has 1 aliphatic carbocycles. The van der Waals surface area contributed by atoms with Gasteiger partial charge in [0.1, 0.15) is 5.75 Å².